The second-order valence-electron chi connectivity index (χ2n) is 6.88. The van der Waals surface area contributed by atoms with Gasteiger partial charge in [0, 0.05) is 17.8 Å². The van der Waals surface area contributed by atoms with Crippen LogP contribution in [0.15, 0.2) is 82.8 Å². The van der Waals surface area contributed by atoms with Crippen LogP contribution in [-0.2, 0) is 10.0 Å². The quantitative estimate of drug-likeness (QED) is 0.362. The minimum Gasteiger partial charge on any atom is -0.493 e. The van der Waals surface area contributed by atoms with E-state index in [-0.39, 0.29) is 29.1 Å². The molecule has 11 heteroatoms. The summed E-state index contributed by atoms with van der Waals surface area (Å²) in [5, 5.41) is 1.09. The van der Waals surface area contributed by atoms with Gasteiger partial charge in [0.25, 0.3) is 5.88 Å². The van der Waals surface area contributed by atoms with Crippen molar-refractivity contribution < 1.29 is 23.0 Å². The van der Waals surface area contributed by atoms with Crippen LogP contribution in [0.3, 0.4) is 0 Å². The van der Waals surface area contributed by atoms with Crippen LogP contribution >= 0.6 is 0 Å². The second kappa shape index (κ2) is 10.7. The number of ether oxygens (including phenoxy) is 3. The lowest BCUT2D eigenvalue weighted by Gasteiger charge is -2.14. The van der Waals surface area contributed by atoms with E-state index in [0.29, 0.717) is 11.5 Å². The minimum absolute atomic E-state index is 0.0330. The maximum Gasteiger partial charge on any atom is 0.263 e. The lowest BCUT2D eigenvalue weighted by Crippen LogP contribution is -2.02. The molecule has 0 aliphatic carbocycles. The zero-order valence-corrected chi connectivity index (χ0v) is 19.6. The maximum absolute atomic E-state index is 13.0. The van der Waals surface area contributed by atoms with Crippen molar-refractivity contribution in [3.05, 3.63) is 84.0 Å². The normalized spacial score (nSPS) is 12.7. The topological polar surface area (TPSA) is 129 Å². The Morgan fingerprint density at radius 2 is 1.54 bits per heavy atom. The van der Waals surface area contributed by atoms with E-state index in [0.717, 1.165) is 11.0 Å². The molecular weight excluding hydrogens is 470 g/mol. The van der Waals surface area contributed by atoms with Crippen molar-refractivity contribution in [2.75, 3.05) is 14.2 Å². The molecule has 2 aromatic heterocycles. The van der Waals surface area contributed by atoms with Gasteiger partial charge in [-0.05, 0) is 29.8 Å². The van der Waals surface area contributed by atoms with E-state index in [1.54, 1.807) is 42.5 Å². The average Bonchev–Trinajstić information content (AvgIpc) is 2.89. The Balaban J connectivity index is 1.87. The van der Waals surface area contributed by atoms with Gasteiger partial charge in [-0.25, -0.2) is 19.2 Å². The molecule has 10 nitrogen and oxygen atoms in total. The van der Waals surface area contributed by atoms with Crippen LogP contribution in [0.2, 0.25) is 0 Å². The molecular formula is C24H21N5O5S. The van der Waals surface area contributed by atoms with Crippen molar-refractivity contribution in [1.29, 1.82) is 0 Å². The van der Waals surface area contributed by atoms with Crippen LogP contribution in [-0.4, -0.2) is 42.9 Å². The summed E-state index contributed by atoms with van der Waals surface area (Å²) in [4.78, 5) is 16.9. The largest absolute Gasteiger partial charge is 0.493 e. The van der Waals surface area contributed by atoms with Gasteiger partial charge in [0.1, 0.15) is 0 Å². The zero-order valence-electron chi connectivity index (χ0n) is 18.8. The lowest BCUT2D eigenvalue weighted by atomic mass is 10.2. The highest BCUT2D eigenvalue weighted by atomic mass is 32.2. The molecule has 0 aliphatic rings. The first-order valence-corrected chi connectivity index (χ1v) is 11.8. The summed E-state index contributed by atoms with van der Waals surface area (Å²) >= 11 is 0. The van der Waals surface area contributed by atoms with Crippen molar-refractivity contribution >= 4 is 21.9 Å². The highest BCUT2D eigenvalue weighted by molar-refractivity contribution is 7.91. The number of rotatable bonds is 8. The van der Waals surface area contributed by atoms with Crippen LogP contribution < -0.4 is 14.2 Å². The third-order valence-corrected chi connectivity index (χ3v) is 5.44. The summed E-state index contributed by atoms with van der Waals surface area (Å²) in [6.45, 7) is 0. The van der Waals surface area contributed by atoms with E-state index >= 15 is 0 Å². The molecule has 0 radical (unpaired) electrons. The highest BCUT2D eigenvalue weighted by Crippen LogP contribution is 2.42. The van der Waals surface area contributed by atoms with E-state index in [1.165, 1.54) is 32.7 Å². The number of para-hydroxylation sites is 2. The molecule has 1 N–H and O–H groups in total. The predicted octanol–water partition coefficient (Wildman–Crippen LogP) is 4.99. The van der Waals surface area contributed by atoms with Crippen molar-refractivity contribution in [1.82, 2.24) is 19.9 Å². The number of aromatic nitrogens is 4. The van der Waals surface area contributed by atoms with Gasteiger partial charge in [0.05, 0.1) is 14.2 Å². The lowest BCUT2D eigenvalue weighted by molar-refractivity contribution is 0.347. The summed E-state index contributed by atoms with van der Waals surface area (Å²) in [7, 11) is -1.02. The molecule has 0 bridgehead atoms. The van der Waals surface area contributed by atoms with E-state index in [4.69, 9.17) is 14.2 Å². The summed E-state index contributed by atoms with van der Waals surface area (Å²) < 4.78 is 44.3. The monoisotopic (exact) mass is 491 g/mol. The summed E-state index contributed by atoms with van der Waals surface area (Å²) in [5.74, 6) is 0.605. The Kier molecular flexibility index (Phi) is 7.29. The van der Waals surface area contributed by atoms with Crippen LogP contribution in [0.25, 0.3) is 17.7 Å². The number of hydrogen-bond donors (Lipinski definition) is 1. The molecule has 2 heterocycles. The van der Waals surface area contributed by atoms with Gasteiger partial charge >= 0.3 is 0 Å². The molecule has 4 rings (SSSR count). The minimum atomic E-state index is -3.89. The van der Waals surface area contributed by atoms with Gasteiger partial charge in [-0.2, -0.15) is 4.98 Å². The molecule has 35 heavy (non-hydrogen) atoms. The molecule has 1 atom stereocenters. The maximum atomic E-state index is 13.0. The number of benzene rings is 2. The Hall–Kier alpha value is -4.35. The fraction of sp³-hybridized carbons (Fsp3) is 0.0833. The van der Waals surface area contributed by atoms with Gasteiger partial charge < -0.3 is 14.2 Å². The van der Waals surface area contributed by atoms with Crippen molar-refractivity contribution in [2.45, 2.75) is 0 Å². The van der Waals surface area contributed by atoms with Crippen molar-refractivity contribution in [3.63, 3.8) is 0 Å². The molecule has 2 aromatic carbocycles. The van der Waals surface area contributed by atoms with E-state index < -0.39 is 10.0 Å². The standard InChI is InChI=1S/C24H21N5O5S/c1-32-18-11-6-7-12-19(18)34-20-21(29-35(30,31)16-13-17-9-4-3-5-10-17)27-23(28-24(20)33-2)22-25-14-8-15-26-22/h3-16H,1-2H3,(H,27,28,29,30,31)/b16-13+. The van der Waals surface area contributed by atoms with E-state index in [2.05, 4.69) is 24.3 Å². The Morgan fingerprint density at radius 3 is 2.23 bits per heavy atom. The predicted molar refractivity (Wildman–Crippen MR) is 131 cm³/mol. The van der Waals surface area contributed by atoms with Gasteiger partial charge in [-0.15, -0.1) is 4.36 Å². The van der Waals surface area contributed by atoms with Crippen LogP contribution in [0, 0.1) is 0 Å². The summed E-state index contributed by atoms with van der Waals surface area (Å²) in [5.41, 5.74) is 0.730. The first-order valence-electron chi connectivity index (χ1n) is 10.3. The number of methoxy groups -OCH3 is 2. The van der Waals surface area contributed by atoms with Gasteiger partial charge in [0.2, 0.25) is 17.4 Å². The molecule has 0 saturated heterocycles. The zero-order chi connectivity index (χ0) is 24.7. The fourth-order valence-electron chi connectivity index (χ4n) is 2.92. The second-order valence-corrected chi connectivity index (χ2v) is 8.41. The van der Waals surface area contributed by atoms with Gasteiger partial charge in [-0.1, -0.05) is 42.5 Å². The molecule has 0 amide bonds. The first-order chi connectivity index (χ1) is 17.0. The molecule has 0 saturated carbocycles. The Morgan fingerprint density at radius 1 is 0.857 bits per heavy atom. The average molecular weight is 492 g/mol. The Labute approximate surface area is 202 Å². The van der Waals surface area contributed by atoms with Crippen molar-refractivity contribution in [3.8, 4) is 34.8 Å². The van der Waals surface area contributed by atoms with E-state index in [9.17, 15) is 8.76 Å². The fourth-order valence-corrected chi connectivity index (χ4v) is 3.69. The molecule has 0 spiro atoms. The highest BCUT2D eigenvalue weighted by Gasteiger charge is 2.22. The van der Waals surface area contributed by atoms with Crippen LogP contribution in [0.4, 0.5) is 5.82 Å². The van der Waals surface area contributed by atoms with Crippen LogP contribution in [0.5, 0.6) is 23.1 Å². The van der Waals surface area contributed by atoms with Gasteiger partial charge in [0.15, 0.2) is 27.3 Å². The van der Waals surface area contributed by atoms with Crippen molar-refractivity contribution in [2.24, 2.45) is 4.36 Å². The third kappa shape index (κ3) is 5.96. The third-order valence-electron chi connectivity index (χ3n) is 4.51. The van der Waals surface area contributed by atoms with Gasteiger partial charge in [-0.3, -0.25) is 4.55 Å². The SMILES string of the molecule is COc1ccccc1Oc1c(N=S(=O)(O)/C=C/c2ccccc2)nc(-c2ncccn2)nc1OC. The summed E-state index contributed by atoms with van der Waals surface area (Å²) in [6.07, 6.45) is 4.53. The summed E-state index contributed by atoms with van der Waals surface area (Å²) in [6, 6.07) is 17.6. The molecule has 0 fully saturated rings. The molecule has 4 aromatic rings. The number of nitrogens with zero attached hydrogens (tertiary/aromatic N) is 5. The van der Waals surface area contributed by atoms with E-state index in [1.807, 2.05) is 18.2 Å². The van der Waals surface area contributed by atoms with Crippen LogP contribution in [0.1, 0.15) is 5.56 Å². The number of hydrogen-bond acceptors (Lipinski definition) is 9. The molecule has 0 aliphatic heterocycles. The molecule has 178 valence electrons. The first kappa shape index (κ1) is 23.8. The smallest absolute Gasteiger partial charge is 0.263 e. The Bertz CT molecular complexity index is 1460. The molecule has 1 unspecified atom stereocenters.